The zero-order chi connectivity index (χ0) is 10.2. The number of hydrogen-bond donors (Lipinski definition) is 0. The Labute approximate surface area is 88.2 Å². The molecule has 2 fully saturated rings. The lowest BCUT2D eigenvalue weighted by Crippen LogP contribution is -2.28. The van der Waals surface area contributed by atoms with E-state index in [1.165, 1.54) is 32.1 Å². The van der Waals surface area contributed by atoms with Gasteiger partial charge in [0.1, 0.15) is 0 Å². The molecule has 1 atom stereocenters. The monoisotopic (exact) mass is 196 g/mol. The minimum Gasteiger partial charge on any atom is -0.381 e. The van der Waals surface area contributed by atoms with E-state index in [4.69, 9.17) is 4.74 Å². The zero-order valence-corrected chi connectivity index (χ0v) is 9.94. The molecule has 0 amide bonds. The van der Waals surface area contributed by atoms with Crippen molar-refractivity contribution in [1.29, 1.82) is 0 Å². The lowest BCUT2D eigenvalue weighted by molar-refractivity contribution is 0.0130. The van der Waals surface area contributed by atoms with Crippen LogP contribution in [0.1, 0.15) is 52.9 Å². The molecule has 0 aromatic heterocycles. The Hall–Kier alpha value is -0.0400. The van der Waals surface area contributed by atoms with Gasteiger partial charge in [0.15, 0.2) is 0 Å². The molecular weight excluding hydrogens is 172 g/mol. The third kappa shape index (κ3) is 1.98. The number of rotatable bonds is 0. The van der Waals surface area contributed by atoms with E-state index in [1.54, 1.807) is 0 Å². The van der Waals surface area contributed by atoms with Gasteiger partial charge in [0.2, 0.25) is 0 Å². The summed E-state index contributed by atoms with van der Waals surface area (Å²) in [6.07, 6.45) is 7.00. The van der Waals surface area contributed by atoms with Crippen LogP contribution in [0, 0.1) is 16.7 Å². The van der Waals surface area contributed by atoms with Crippen LogP contribution >= 0.6 is 0 Å². The van der Waals surface area contributed by atoms with Crippen molar-refractivity contribution in [1.82, 2.24) is 0 Å². The van der Waals surface area contributed by atoms with Crippen molar-refractivity contribution in [2.24, 2.45) is 16.7 Å². The minimum atomic E-state index is 0.516. The van der Waals surface area contributed by atoms with Crippen LogP contribution in [0.5, 0.6) is 0 Å². The lowest BCUT2D eigenvalue weighted by atomic mass is 9.74. The van der Waals surface area contributed by atoms with E-state index in [-0.39, 0.29) is 0 Å². The number of ether oxygens (including phenoxy) is 1. The second-order valence-electron chi connectivity index (χ2n) is 6.42. The van der Waals surface area contributed by atoms with Crippen LogP contribution in [0.2, 0.25) is 0 Å². The molecule has 0 aromatic carbocycles. The second kappa shape index (κ2) is 3.52. The Morgan fingerprint density at radius 1 is 1.07 bits per heavy atom. The summed E-state index contributed by atoms with van der Waals surface area (Å²) in [4.78, 5) is 0. The summed E-state index contributed by atoms with van der Waals surface area (Å²) in [6, 6.07) is 0. The highest BCUT2D eigenvalue weighted by Gasteiger charge is 2.43. The van der Waals surface area contributed by atoms with Gasteiger partial charge in [-0.3, -0.25) is 0 Å². The first-order valence-electron chi connectivity index (χ1n) is 6.10. The summed E-state index contributed by atoms with van der Waals surface area (Å²) >= 11 is 0. The summed E-state index contributed by atoms with van der Waals surface area (Å²) in [5.41, 5.74) is 1.19. The fraction of sp³-hybridized carbons (Fsp3) is 1.00. The molecule has 82 valence electrons. The maximum atomic E-state index is 5.48. The topological polar surface area (TPSA) is 9.23 Å². The van der Waals surface area contributed by atoms with Gasteiger partial charge in [0, 0.05) is 13.2 Å². The molecule has 2 aliphatic rings. The van der Waals surface area contributed by atoms with Crippen LogP contribution in [-0.4, -0.2) is 13.2 Å². The molecule has 0 radical (unpaired) electrons. The van der Waals surface area contributed by atoms with E-state index < -0.39 is 0 Å². The molecule has 1 saturated heterocycles. The van der Waals surface area contributed by atoms with Gasteiger partial charge in [0.05, 0.1) is 0 Å². The highest BCUT2D eigenvalue weighted by Crippen LogP contribution is 2.53. The highest BCUT2D eigenvalue weighted by atomic mass is 16.5. The minimum absolute atomic E-state index is 0.516. The smallest absolute Gasteiger partial charge is 0.0471 e. The third-order valence-corrected chi connectivity index (χ3v) is 4.48. The van der Waals surface area contributed by atoms with E-state index in [2.05, 4.69) is 20.8 Å². The Bertz CT molecular complexity index is 196. The van der Waals surface area contributed by atoms with Crippen molar-refractivity contribution in [3.63, 3.8) is 0 Å². The Kier molecular flexibility index (Phi) is 2.63. The average Bonchev–Trinajstić information content (AvgIpc) is 2.50. The molecule has 1 heterocycles. The van der Waals surface area contributed by atoms with E-state index >= 15 is 0 Å². The first-order valence-corrected chi connectivity index (χ1v) is 6.10. The predicted molar refractivity (Wildman–Crippen MR) is 59.3 cm³/mol. The van der Waals surface area contributed by atoms with Crippen LogP contribution in [-0.2, 0) is 4.74 Å². The Morgan fingerprint density at radius 2 is 1.71 bits per heavy atom. The molecule has 1 spiro atoms. The van der Waals surface area contributed by atoms with Gasteiger partial charge in [-0.25, -0.2) is 0 Å². The molecule has 1 aliphatic heterocycles. The van der Waals surface area contributed by atoms with E-state index in [0.717, 1.165) is 19.1 Å². The zero-order valence-electron chi connectivity index (χ0n) is 9.94. The summed E-state index contributed by atoms with van der Waals surface area (Å²) in [5, 5.41) is 0. The van der Waals surface area contributed by atoms with Crippen molar-refractivity contribution in [2.75, 3.05) is 13.2 Å². The summed E-state index contributed by atoms with van der Waals surface area (Å²) in [7, 11) is 0. The summed E-state index contributed by atoms with van der Waals surface area (Å²) < 4.78 is 5.48. The van der Waals surface area contributed by atoms with Crippen LogP contribution in [0.3, 0.4) is 0 Å². The molecule has 1 heteroatoms. The van der Waals surface area contributed by atoms with Crippen molar-refractivity contribution < 1.29 is 4.74 Å². The van der Waals surface area contributed by atoms with E-state index in [9.17, 15) is 0 Å². The molecule has 1 unspecified atom stereocenters. The first-order chi connectivity index (χ1) is 6.52. The van der Waals surface area contributed by atoms with Crippen molar-refractivity contribution >= 4 is 0 Å². The molecule has 2 rings (SSSR count). The summed E-state index contributed by atoms with van der Waals surface area (Å²) in [5.74, 6) is 0.945. The second-order valence-corrected chi connectivity index (χ2v) is 6.42. The Morgan fingerprint density at radius 3 is 2.21 bits per heavy atom. The van der Waals surface area contributed by atoms with Crippen LogP contribution in [0.15, 0.2) is 0 Å². The summed E-state index contributed by atoms with van der Waals surface area (Å²) in [6.45, 7) is 9.22. The van der Waals surface area contributed by atoms with Gasteiger partial charge in [0.25, 0.3) is 0 Å². The van der Waals surface area contributed by atoms with Gasteiger partial charge in [-0.2, -0.15) is 0 Å². The van der Waals surface area contributed by atoms with Gasteiger partial charge in [-0.05, 0) is 48.9 Å². The maximum absolute atomic E-state index is 5.48. The largest absolute Gasteiger partial charge is 0.381 e. The molecule has 14 heavy (non-hydrogen) atoms. The molecule has 1 saturated carbocycles. The number of hydrogen-bond acceptors (Lipinski definition) is 1. The molecular formula is C13H24O. The molecule has 1 aliphatic carbocycles. The highest BCUT2D eigenvalue weighted by molar-refractivity contribution is 4.93. The van der Waals surface area contributed by atoms with Crippen LogP contribution in [0.4, 0.5) is 0 Å². The quantitative estimate of drug-likeness (QED) is 0.575. The van der Waals surface area contributed by atoms with Gasteiger partial charge < -0.3 is 4.74 Å². The molecule has 0 bridgehead atoms. The average molecular weight is 196 g/mol. The van der Waals surface area contributed by atoms with Gasteiger partial charge in [-0.1, -0.05) is 20.8 Å². The Balaban J connectivity index is 1.99. The van der Waals surface area contributed by atoms with Crippen LogP contribution in [0.25, 0.3) is 0 Å². The van der Waals surface area contributed by atoms with Crippen molar-refractivity contribution in [2.45, 2.75) is 52.9 Å². The lowest BCUT2D eigenvalue weighted by Gasteiger charge is -2.35. The molecule has 1 nitrogen and oxygen atoms in total. The predicted octanol–water partition coefficient (Wildman–Crippen LogP) is 3.63. The maximum Gasteiger partial charge on any atom is 0.0471 e. The fourth-order valence-corrected chi connectivity index (χ4v) is 3.20. The third-order valence-electron chi connectivity index (χ3n) is 4.48. The SMILES string of the molecule is CC(C)(C)C1CCC2(CCOCC2)C1. The van der Waals surface area contributed by atoms with Crippen molar-refractivity contribution in [3.8, 4) is 0 Å². The molecule has 0 N–H and O–H groups in total. The van der Waals surface area contributed by atoms with Crippen LogP contribution < -0.4 is 0 Å². The van der Waals surface area contributed by atoms with E-state index in [0.29, 0.717) is 10.8 Å². The molecule has 0 aromatic rings. The standard InChI is InChI=1S/C13H24O/c1-12(2,3)11-4-5-13(10-11)6-8-14-9-7-13/h11H,4-10H2,1-3H3. The first kappa shape index (κ1) is 10.5. The van der Waals surface area contributed by atoms with Crippen molar-refractivity contribution in [3.05, 3.63) is 0 Å². The van der Waals surface area contributed by atoms with Gasteiger partial charge in [-0.15, -0.1) is 0 Å². The van der Waals surface area contributed by atoms with E-state index in [1.807, 2.05) is 0 Å². The fourth-order valence-electron chi connectivity index (χ4n) is 3.20. The van der Waals surface area contributed by atoms with Gasteiger partial charge >= 0.3 is 0 Å². The normalized spacial score (nSPS) is 32.4.